The molecule has 0 aliphatic rings. The van der Waals surface area contributed by atoms with Gasteiger partial charge in [0.15, 0.2) is 0 Å². The predicted molar refractivity (Wildman–Crippen MR) is 49.3 cm³/mol. The summed E-state index contributed by atoms with van der Waals surface area (Å²) in [6.07, 6.45) is 1.26. The van der Waals surface area contributed by atoms with Crippen LogP contribution >= 0.6 is 11.6 Å². The third-order valence-corrected chi connectivity index (χ3v) is 1.51. The molecule has 1 aromatic rings. The lowest BCUT2D eigenvalue weighted by Gasteiger charge is -2.05. The van der Waals surface area contributed by atoms with Crippen LogP contribution in [-0.2, 0) is 4.79 Å². The van der Waals surface area contributed by atoms with Crippen molar-refractivity contribution < 1.29 is 4.79 Å². The number of carbonyl (C=O) groups excluding carboxylic acids is 1. The molecule has 0 aromatic carbocycles. The summed E-state index contributed by atoms with van der Waals surface area (Å²) in [5.74, 6) is 0.0390. The molecule has 13 heavy (non-hydrogen) atoms. The highest BCUT2D eigenvalue weighted by Crippen LogP contribution is 2.08. The number of halogens is 1. The third-order valence-electron chi connectivity index (χ3n) is 1.30. The molecule has 5 nitrogen and oxygen atoms in total. The van der Waals surface area contributed by atoms with Gasteiger partial charge in [0, 0.05) is 6.07 Å². The van der Waals surface area contributed by atoms with Gasteiger partial charge in [-0.3, -0.25) is 4.79 Å². The smallest absolute Gasteiger partial charge is 0.242 e. The minimum Gasteiger partial charge on any atom is -0.320 e. The third kappa shape index (κ3) is 2.96. The molecule has 0 fully saturated rings. The van der Waals surface area contributed by atoms with Crippen LogP contribution in [0.2, 0.25) is 5.15 Å². The number of rotatable bonds is 2. The molecule has 0 aliphatic heterocycles. The van der Waals surface area contributed by atoms with E-state index in [0.29, 0.717) is 5.82 Å². The monoisotopic (exact) mass is 200 g/mol. The fourth-order valence-corrected chi connectivity index (χ4v) is 0.789. The number of nitrogens with two attached hydrogens (primary N) is 1. The lowest BCUT2D eigenvalue weighted by atomic mass is 10.3. The van der Waals surface area contributed by atoms with Crippen molar-refractivity contribution in [2.24, 2.45) is 5.73 Å². The van der Waals surface area contributed by atoms with Crippen LogP contribution in [0, 0.1) is 0 Å². The number of hydrogen-bond donors (Lipinski definition) is 2. The average molecular weight is 201 g/mol. The molecule has 0 saturated carbocycles. The molecule has 1 rings (SSSR count). The molecule has 0 spiro atoms. The molecule has 0 bridgehead atoms. The molecule has 0 aliphatic carbocycles. The zero-order chi connectivity index (χ0) is 9.84. The fraction of sp³-hybridized carbons (Fsp3) is 0.286. The van der Waals surface area contributed by atoms with Gasteiger partial charge in [-0.15, -0.1) is 0 Å². The SMILES string of the molecule is C[C@H](N)C(=O)Nc1cc(Cl)ncn1. The van der Waals surface area contributed by atoms with Crippen molar-refractivity contribution >= 4 is 23.3 Å². The van der Waals surface area contributed by atoms with Gasteiger partial charge in [0.05, 0.1) is 6.04 Å². The fourth-order valence-electron chi connectivity index (χ4n) is 0.642. The Hall–Kier alpha value is -1.20. The molecule has 0 unspecified atom stereocenters. The largest absolute Gasteiger partial charge is 0.320 e. The van der Waals surface area contributed by atoms with Crippen LogP contribution in [0.15, 0.2) is 12.4 Å². The second-order valence-electron chi connectivity index (χ2n) is 2.50. The summed E-state index contributed by atoms with van der Waals surface area (Å²) in [5.41, 5.74) is 5.33. The van der Waals surface area contributed by atoms with E-state index in [2.05, 4.69) is 15.3 Å². The Morgan fingerprint density at radius 3 is 2.92 bits per heavy atom. The molecule has 70 valence electrons. The topological polar surface area (TPSA) is 80.9 Å². The van der Waals surface area contributed by atoms with E-state index in [4.69, 9.17) is 17.3 Å². The normalized spacial score (nSPS) is 12.2. The van der Waals surface area contributed by atoms with Crippen molar-refractivity contribution in [1.29, 1.82) is 0 Å². The summed E-state index contributed by atoms with van der Waals surface area (Å²) in [7, 11) is 0. The van der Waals surface area contributed by atoms with E-state index < -0.39 is 6.04 Å². The second kappa shape index (κ2) is 4.15. The standard InChI is InChI=1S/C7H9ClN4O/c1-4(9)7(13)12-6-2-5(8)10-3-11-6/h2-4H,9H2,1H3,(H,10,11,12,13)/t4-/m0/s1. The predicted octanol–water partition coefficient (Wildman–Crippen LogP) is 0.416. The molecule has 1 amide bonds. The number of anilines is 1. The Labute approximate surface area is 80.3 Å². The first kappa shape index (κ1) is 9.88. The quantitative estimate of drug-likeness (QED) is 0.678. The summed E-state index contributed by atoms with van der Waals surface area (Å²) in [6.45, 7) is 1.58. The first-order valence-electron chi connectivity index (χ1n) is 3.63. The molecule has 6 heteroatoms. The van der Waals surface area contributed by atoms with Crippen molar-refractivity contribution in [2.75, 3.05) is 5.32 Å². The first-order chi connectivity index (χ1) is 6.09. The summed E-state index contributed by atoms with van der Waals surface area (Å²) < 4.78 is 0. The zero-order valence-electron chi connectivity index (χ0n) is 6.99. The maximum absolute atomic E-state index is 11.1. The van der Waals surface area contributed by atoms with E-state index in [1.165, 1.54) is 12.4 Å². The van der Waals surface area contributed by atoms with Gasteiger partial charge >= 0.3 is 0 Å². The first-order valence-corrected chi connectivity index (χ1v) is 4.01. The van der Waals surface area contributed by atoms with Gasteiger partial charge in [0.25, 0.3) is 0 Å². The Morgan fingerprint density at radius 2 is 2.38 bits per heavy atom. The average Bonchev–Trinajstić information content (AvgIpc) is 2.04. The van der Waals surface area contributed by atoms with Crippen molar-refractivity contribution in [3.8, 4) is 0 Å². The van der Waals surface area contributed by atoms with Gasteiger partial charge in [-0.1, -0.05) is 11.6 Å². The summed E-state index contributed by atoms with van der Waals surface area (Å²) in [5, 5.41) is 2.76. The highest BCUT2D eigenvalue weighted by atomic mass is 35.5. The Balaban J connectivity index is 2.69. The number of carbonyl (C=O) groups is 1. The van der Waals surface area contributed by atoms with Crippen molar-refractivity contribution in [3.63, 3.8) is 0 Å². The Bertz CT molecular complexity index is 315. The summed E-state index contributed by atoms with van der Waals surface area (Å²) >= 11 is 5.57. The molecule has 0 radical (unpaired) electrons. The van der Waals surface area contributed by atoms with E-state index in [1.54, 1.807) is 6.92 Å². The van der Waals surface area contributed by atoms with Crippen LogP contribution < -0.4 is 11.1 Å². The van der Waals surface area contributed by atoms with Gasteiger partial charge < -0.3 is 11.1 Å². The minimum atomic E-state index is -0.575. The van der Waals surface area contributed by atoms with E-state index >= 15 is 0 Å². The Morgan fingerprint density at radius 1 is 1.69 bits per heavy atom. The maximum atomic E-state index is 11.1. The second-order valence-corrected chi connectivity index (χ2v) is 2.89. The molecule has 0 saturated heterocycles. The van der Waals surface area contributed by atoms with Crippen molar-refractivity contribution in [1.82, 2.24) is 9.97 Å². The lowest BCUT2D eigenvalue weighted by molar-refractivity contribution is -0.117. The Kier molecular flexibility index (Phi) is 3.16. The van der Waals surface area contributed by atoms with Crippen LogP contribution in [0.3, 0.4) is 0 Å². The highest BCUT2D eigenvalue weighted by Gasteiger charge is 2.07. The van der Waals surface area contributed by atoms with Crippen LogP contribution in [0.25, 0.3) is 0 Å². The van der Waals surface area contributed by atoms with Gasteiger partial charge in [0.1, 0.15) is 17.3 Å². The van der Waals surface area contributed by atoms with Gasteiger partial charge in [-0.05, 0) is 6.92 Å². The van der Waals surface area contributed by atoms with Gasteiger partial charge in [-0.25, -0.2) is 9.97 Å². The molecule has 1 atom stereocenters. The van der Waals surface area contributed by atoms with Gasteiger partial charge in [-0.2, -0.15) is 0 Å². The zero-order valence-corrected chi connectivity index (χ0v) is 7.75. The molecule has 1 aromatic heterocycles. The van der Waals surface area contributed by atoms with E-state index in [1.807, 2.05) is 0 Å². The number of nitrogens with one attached hydrogen (secondary N) is 1. The van der Waals surface area contributed by atoms with Gasteiger partial charge in [0.2, 0.25) is 5.91 Å². The van der Waals surface area contributed by atoms with E-state index in [0.717, 1.165) is 0 Å². The van der Waals surface area contributed by atoms with E-state index in [9.17, 15) is 4.79 Å². The minimum absolute atomic E-state index is 0.273. The van der Waals surface area contributed by atoms with Crippen molar-refractivity contribution in [3.05, 3.63) is 17.5 Å². The number of aromatic nitrogens is 2. The van der Waals surface area contributed by atoms with Crippen LogP contribution in [0.4, 0.5) is 5.82 Å². The summed E-state index contributed by atoms with van der Waals surface area (Å²) in [4.78, 5) is 18.5. The van der Waals surface area contributed by atoms with Crippen LogP contribution in [0.1, 0.15) is 6.92 Å². The number of nitrogens with zero attached hydrogens (tertiary/aromatic N) is 2. The molecular formula is C7H9ClN4O. The van der Waals surface area contributed by atoms with Crippen molar-refractivity contribution in [2.45, 2.75) is 13.0 Å². The molecule has 1 heterocycles. The number of amides is 1. The van der Waals surface area contributed by atoms with Crippen LogP contribution in [0.5, 0.6) is 0 Å². The highest BCUT2D eigenvalue weighted by molar-refractivity contribution is 6.29. The molecule has 3 N–H and O–H groups in total. The lowest BCUT2D eigenvalue weighted by Crippen LogP contribution is -2.32. The number of hydrogen-bond acceptors (Lipinski definition) is 4. The molecular weight excluding hydrogens is 192 g/mol. The summed E-state index contributed by atoms with van der Waals surface area (Å²) in [6, 6.07) is 0.871. The maximum Gasteiger partial charge on any atom is 0.242 e. The van der Waals surface area contributed by atoms with Crippen LogP contribution in [-0.4, -0.2) is 21.9 Å². The van der Waals surface area contributed by atoms with E-state index in [-0.39, 0.29) is 11.1 Å².